The van der Waals surface area contributed by atoms with Crippen molar-refractivity contribution in [3.63, 3.8) is 0 Å². The number of benzene rings is 2. The minimum absolute atomic E-state index is 0.125. The number of rotatable bonds is 6. The van der Waals surface area contributed by atoms with Crippen LogP contribution in [0, 0.1) is 13.8 Å². The Morgan fingerprint density at radius 1 is 1.16 bits per heavy atom. The van der Waals surface area contributed by atoms with Crippen molar-refractivity contribution in [2.45, 2.75) is 45.6 Å². The second-order valence-electron chi connectivity index (χ2n) is 8.62. The van der Waals surface area contributed by atoms with Gasteiger partial charge in [-0.25, -0.2) is 9.97 Å². The van der Waals surface area contributed by atoms with Gasteiger partial charge < -0.3 is 10.4 Å². The number of piperidine rings is 1. The summed E-state index contributed by atoms with van der Waals surface area (Å²) in [6, 6.07) is 15.1. The number of anilines is 1. The fourth-order valence-electron chi connectivity index (χ4n) is 4.47. The van der Waals surface area contributed by atoms with Gasteiger partial charge in [-0.3, -0.25) is 9.69 Å². The summed E-state index contributed by atoms with van der Waals surface area (Å²) in [5, 5.41) is 13.7. The number of aromatic nitrogens is 2. The molecule has 0 radical (unpaired) electrons. The summed E-state index contributed by atoms with van der Waals surface area (Å²) >= 11 is 0. The van der Waals surface area contributed by atoms with Crippen LogP contribution in [-0.2, 0) is 4.79 Å². The van der Waals surface area contributed by atoms with Crippen molar-refractivity contribution in [2.75, 3.05) is 25.0 Å². The molecule has 0 saturated carbocycles. The number of nitrogens with zero attached hydrogens (tertiary/aromatic N) is 3. The first-order valence-electron chi connectivity index (χ1n) is 10.9. The Labute approximate surface area is 183 Å². The number of carboxylic acid groups (broad SMARTS) is 1. The third-order valence-electron chi connectivity index (χ3n) is 6.14. The molecule has 1 aliphatic rings. The number of likely N-dealkylation sites (tertiary alicyclic amines) is 1. The van der Waals surface area contributed by atoms with E-state index in [2.05, 4.69) is 66.6 Å². The number of hydrogen-bond donors (Lipinski definition) is 2. The fraction of sp³-hybridized carbons (Fsp3) is 0.400. The van der Waals surface area contributed by atoms with Crippen LogP contribution in [0.5, 0.6) is 0 Å². The average molecular weight is 419 g/mol. The summed E-state index contributed by atoms with van der Waals surface area (Å²) in [5.41, 5.74) is 4.69. The third kappa shape index (κ3) is 5.02. The highest BCUT2D eigenvalue weighted by Crippen LogP contribution is 2.32. The summed E-state index contributed by atoms with van der Waals surface area (Å²) in [5.74, 6) is 1.29. The number of carboxylic acids is 1. The molecule has 1 atom stereocenters. The van der Waals surface area contributed by atoms with E-state index in [-0.39, 0.29) is 12.6 Å². The van der Waals surface area contributed by atoms with Crippen molar-refractivity contribution in [1.29, 1.82) is 0 Å². The Morgan fingerprint density at radius 3 is 2.65 bits per heavy atom. The molecular weight excluding hydrogens is 388 g/mol. The van der Waals surface area contributed by atoms with Crippen LogP contribution in [0.4, 0.5) is 5.82 Å². The standard InChI is InChI=1S/C25H30N4O2/c1-16-5-4-6-20(13-16)17(2)26-25-22-14-21(7-8-23(22)27-18(3)28-25)19-9-11-29(12-10-19)15-24(30)31/h4-8,13-14,17,19H,9-12,15H2,1-3H3,(H,30,31)(H,26,27,28)/t17-/m1/s1. The van der Waals surface area contributed by atoms with Crippen LogP contribution in [-0.4, -0.2) is 45.6 Å². The molecule has 0 aliphatic carbocycles. The number of hydrogen-bond acceptors (Lipinski definition) is 5. The van der Waals surface area contributed by atoms with Crippen molar-refractivity contribution >= 4 is 22.7 Å². The molecule has 0 amide bonds. The smallest absolute Gasteiger partial charge is 0.317 e. The maximum absolute atomic E-state index is 11.0. The van der Waals surface area contributed by atoms with E-state index in [1.807, 2.05) is 11.8 Å². The van der Waals surface area contributed by atoms with Crippen LogP contribution in [0.2, 0.25) is 0 Å². The van der Waals surface area contributed by atoms with Gasteiger partial charge in [-0.2, -0.15) is 0 Å². The first-order valence-corrected chi connectivity index (χ1v) is 10.9. The third-order valence-corrected chi connectivity index (χ3v) is 6.14. The van der Waals surface area contributed by atoms with Crippen molar-refractivity contribution in [3.8, 4) is 0 Å². The Morgan fingerprint density at radius 2 is 1.94 bits per heavy atom. The van der Waals surface area contributed by atoms with Crippen LogP contribution >= 0.6 is 0 Å². The molecule has 1 fully saturated rings. The summed E-state index contributed by atoms with van der Waals surface area (Å²) < 4.78 is 0. The van der Waals surface area contributed by atoms with Crippen molar-refractivity contribution in [3.05, 3.63) is 65.0 Å². The van der Waals surface area contributed by atoms with Gasteiger partial charge in [0.25, 0.3) is 0 Å². The second kappa shape index (κ2) is 9.02. The summed E-state index contributed by atoms with van der Waals surface area (Å²) in [7, 11) is 0. The predicted molar refractivity (Wildman–Crippen MR) is 124 cm³/mol. The summed E-state index contributed by atoms with van der Waals surface area (Å²) in [6.07, 6.45) is 1.93. The van der Waals surface area contributed by atoms with E-state index in [0.717, 1.165) is 48.5 Å². The topological polar surface area (TPSA) is 78.4 Å². The van der Waals surface area contributed by atoms with Crippen LogP contribution in [0.25, 0.3) is 10.9 Å². The molecule has 2 N–H and O–H groups in total. The lowest BCUT2D eigenvalue weighted by atomic mass is 9.88. The number of aryl methyl sites for hydroxylation is 2. The largest absolute Gasteiger partial charge is 0.480 e. The van der Waals surface area contributed by atoms with Gasteiger partial charge in [-0.1, -0.05) is 35.9 Å². The van der Waals surface area contributed by atoms with E-state index in [0.29, 0.717) is 5.92 Å². The van der Waals surface area contributed by atoms with E-state index < -0.39 is 5.97 Å². The molecule has 1 aromatic heterocycles. The highest BCUT2D eigenvalue weighted by atomic mass is 16.4. The zero-order valence-corrected chi connectivity index (χ0v) is 18.4. The molecule has 6 nitrogen and oxygen atoms in total. The number of aliphatic carboxylic acids is 1. The molecule has 0 unspecified atom stereocenters. The van der Waals surface area contributed by atoms with E-state index in [9.17, 15) is 4.79 Å². The Balaban J connectivity index is 1.59. The molecule has 1 aliphatic heterocycles. The highest BCUT2D eigenvalue weighted by Gasteiger charge is 2.22. The molecule has 3 aromatic rings. The zero-order chi connectivity index (χ0) is 22.0. The Bertz CT molecular complexity index is 1090. The number of fused-ring (bicyclic) bond motifs is 1. The van der Waals surface area contributed by atoms with E-state index in [1.54, 1.807) is 0 Å². The van der Waals surface area contributed by atoms with Crippen LogP contribution in [0.3, 0.4) is 0 Å². The molecule has 2 aromatic carbocycles. The summed E-state index contributed by atoms with van der Waals surface area (Å²) in [4.78, 5) is 22.4. The number of carbonyl (C=O) groups is 1. The van der Waals surface area contributed by atoms with Crippen molar-refractivity contribution in [1.82, 2.24) is 14.9 Å². The van der Waals surface area contributed by atoms with Gasteiger partial charge in [0.1, 0.15) is 11.6 Å². The fourth-order valence-corrected chi connectivity index (χ4v) is 4.47. The zero-order valence-electron chi connectivity index (χ0n) is 18.4. The number of nitrogens with one attached hydrogen (secondary N) is 1. The molecule has 6 heteroatoms. The van der Waals surface area contributed by atoms with E-state index in [1.165, 1.54) is 16.7 Å². The van der Waals surface area contributed by atoms with E-state index >= 15 is 0 Å². The minimum Gasteiger partial charge on any atom is -0.480 e. The average Bonchev–Trinajstić information content (AvgIpc) is 2.73. The van der Waals surface area contributed by atoms with Crippen LogP contribution in [0.1, 0.15) is 54.2 Å². The molecule has 0 bridgehead atoms. The quantitative estimate of drug-likeness (QED) is 0.605. The minimum atomic E-state index is -0.755. The molecule has 1 saturated heterocycles. The maximum atomic E-state index is 11.0. The first-order chi connectivity index (χ1) is 14.9. The summed E-state index contributed by atoms with van der Waals surface area (Å²) in [6.45, 7) is 7.94. The lowest BCUT2D eigenvalue weighted by Crippen LogP contribution is -2.36. The van der Waals surface area contributed by atoms with Gasteiger partial charge in [-0.05, 0) is 75.9 Å². The van der Waals surface area contributed by atoms with Gasteiger partial charge in [0, 0.05) is 11.4 Å². The normalized spacial score (nSPS) is 16.4. The van der Waals surface area contributed by atoms with Gasteiger partial charge in [0.2, 0.25) is 0 Å². The molecule has 31 heavy (non-hydrogen) atoms. The van der Waals surface area contributed by atoms with E-state index in [4.69, 9.17) is 10.1 Å². The SMILES string of the molecule is Cc1cccc([C@@H](C)Nc2nc(C)nc3ccc(C4CCN(CC(=O)O)CC4)cc23)c1. The molecule has 2 heterocycles. The lowest BCUT2D eigenvalue weighted by Gasteiger charge is -2.31. The monoisotopic (exact) mass is 418 g/mol. The molecule has 0 spiro atoms. The Kier molecular flexibility index (Phi) is 6.18. The van der Waals surface area contributed by atoms with Gasteiger partial charge >= 0.3 is 5.97 Å². The maximum Gasteiger partial charge on any atom is 0.317 e. The first kappa shape index (κ1) is 21.2. The van der Waals surface area contributed by atoms with Gasteiger partial charge in [0.05, 0.1) is 12.1 Å². The highest BCUT2D eigenvalue weighted by molar-refractivity contribution is 5.90. The van der Waals surface area contributed by atoms with Gasteiger partial charge in [-0.15, -0.1) is 0 Å². The van der Waals surface area contributed by atoms with Crippen molar-refractivity contribution in [2.24, 2.45) is 0 Å². The molecule has 162 valence electrons. The lowest BCUT2D eigenvalue weighted by molar-refractivity contribution is -0.138. The van der Waals surface area contributed by atoms with Crippen LogP contribution in [0.15, 0.2) is 42.5 Å². The van der Waals surface area contributed by atoms with Crippen LogP contribution < -0.4 is 5.32 Å². The predicted octanol–water partition coefficient (Wildman–Crippen LogP) is 4.68. The second-order valence-corrected chi connectivity index (χ2v) is 8.62. The Hall–Kier alpha value is -2.99. The molecule has 4 rings (SSSR count). The van der Waals surface area contributed by atoms with Crippen molar-refractivity contribution < 1.29 is 9.90 Å². The van der Waals surface area contributed by atoms with Gasteiger partial charge in [0.15, 0.2) is 0 Å². The molecular formula is C25H30N4O2.